The van der Waals surface area contributed by atoms with Gasteiger partial charge in [-0.15, -0.1) is 0 Å². The average molecular weight is 292 g/mol. The van der Waals surface area contributed by atoms with E-state index in [-0.39, 0.29) is 17.7 Å². The Labute approximate surface area is 122 Å². The number of pyridine rings is 1. The summed E-state index contributed by atoms with van der Waals surface area (Å²) in [7, 11) is 0. The third kappa shape index (κ3) is 3.43. The highest BCUT2D eigenvalue weighted by Gasteiger charge is 2.20. The lowest BCUT2D eigenvalue weighted by Gasteiger charge is -2.18. The summed E-state index contributed by atoms with van der Waals surface area (Å²) in [6.45, 7) is 6.19. The summed E-state index contributed by atoms with van der Waals surface area (Å²) in [5, 5.41) is 21.3. The van der Waals surface area contributed by atoms with E-state index in [0.29, 0.717) is 17.9 Å². The summed E-state index contributed by atoms with van der Waals surface area (Å²) in [6.07, 6.45) is 2.53. The standard InChI is InChI=1S/C14H20N4O3/c1-14(2,3)7-9-12(15-8-11(20)17-21)16-13-10(19)5-4-6-18(9)13/h4-6,15,19,21H,7-8H2,1-3H3,(H,17,20). The Hall–Kier alpha value is -2.28. The van der Waals surface area contributed by atoms with Gasteiger partial charge in [-0.25, -0.2) is 10.5 Å². The van der Waals surface area contributed by atoms with Gasteiger partial charge in [0.1, 0.15) is 5.82 Å². The van der Waals surface area contributed by atoms with Crippen molar-refractivity contribution in [1.82, 2.24) is 14.9 Å². The fraction of sp³-hybridized carbons (Fsp3) is 0.429. The van der Waals surface area contributed by atoms with Crippen molar-refractivity contribution in [3.8, 4) is 5.75 Å². The molecule has 114 valence electrons. The first-order chi connectivity index (χ1) is 9.81. The number of nitrogens with zero attached hydrogens (tertiary/aromatic N) is 2. The molecule has 0 aromatic carbocycles. The number of amides is 1. The molecule has 2 aromatic heterocycles. The number of nitrogens with one attached hydrogen (secondary N) is 2. The summed E-state index contributed by atoms with van der Waals surface area (Å²) in [5.41, 5.74) is 2.88. The third-order valence-electron chi connectivity index (χ3n) is 2.97. The van der Waals surface area contributed by atoms with Crippen LogP contribution in [0.4, 0.5) is 5.82 Å². The molecule has 0 fully saturated rings. The highest BCUT2D eigenvalue weighted by atomic mass is 16.5. The molecule has 0 spiro atoms. The molecule has 0 aliphatic carbocycles. The number of hydrogen-bond acceptors (Lipinski definition) is 5. The average Bonchev–Trinajstić information content (AvgIpc) is 2.74. The van der Waals surface area contributed by atoms with Crippen LogP contribution in [0.2, 0.25) is 0 Å². The Morgan fingerprint density at radius 3 is 2.76 bits per heavy atom. The van der Waals surface area contributed by atoms with Crippen LogP contribution in [0.5, 0.6) is 5.75 Å². The van der Waals surface area contributed by atoms with Crippen molar-refractivity contribution in [3.63, 3.8) is 0 Å². The lowest BCUT2D eigenvalue weighted by atomic mass is 9.90. The van der Waals surface area contributed by atoms with Gasteiger partial charge in [0.15, 0.2) is 11.4 Å². The Morgan fingerprint density at radius 2 is 2.14 bits per heavy atom. The highest BCUT2D eigenvalue weighted by molar-refractivity contribution is 5.79. The van der Waals surface area contributed by atoms with Gasteiger partial charge in [-0.05, 0) is 24.0 Å². The number of imidazole rings is 1. The van der Waals surface area contributed by atoms with Gasteiger partial charge in [0.25, 0.3) is 5.91 Å². The van der Waals surface area contributed by atoms with Gasteiger partial charge < -0.3 is 10.4 Å². The molecule has 0 aliphatic heterocycles. The number of hydroxylamine groups is 1. The number of rotatable bonds is 4. The van der Waals surface area contributed by atoms with Crippen molar-refractivity contribution in [3.05, 3.63) is 24.0 Å². The zero-order valence-electron chi connectivity index (χ0n) is 12.3. The van der Waals surface area contributed by atoms with Crippen molar-refractivity contribution in [2.75, 3.05) is 11.9 Å². The Balaban J connectivity index is 2.44. The van der Waals surface area contributed by atoms with Crippen LogP contribution in [-0.2, 0) is 11.2 Å². The molecule has 7 nitrogen and oxygen atoms in total. The molecule has 0 saturated heterocycles. The Kier molecular flexibility index (Phi) is 4.04. The van der Waals surface area contributed by atoms with E-state index in [1.54, 1.807) is 22.0 Å². The van der Waals surface area contributed by atoms with Crippen LogP contribution in [0.25, 0.3) is 5.65 Å². The van der Waals surface area contributed by atoms with Crippen LogP contribution in [0.3, 0.4) is 0 Å². The van der Waals surface area contributed by atoms with E-state index in [9.17, 15) is 9.90 Å². The van der Waals surface area contributed by atoms with Gasteiger partial charge in [0.2, 0.25) is 0 Å². The van der Waals surface area contributed by atoms with Crippen LogP contribution in [0.1, 0.15) is 26.5 Å². The van der Waals surface area contributed by atoms with Gasteiger partial charge in [-0.1, -0.05) is 20.8 Å². The fourth-order valence-electron chi connectivity index (χ4n) is 2.12. The number of carbonyl (C=O) groups excluding carboxylic acids is 1. The van der Waals surface area contributed by atoms with Crippen LogP contribution in [0.15, 0.2) is 18.3 Å². The smallest absolute Gasteiger partial charge is 0.262 e. The number of aromatic nitrogens is 2. The molecule has 0 atom stereocenters. The normalized spacial score (nSPS) is 11.6. The summed E-state index contributed by atoms with van der Waals surface area (Å²) in [5.74, 6) is 0.0420. The van der Waals surface area contributed by atoms with Crippen LogP contribution < -0.4 is 10.8 Å². The molecular formula is C14H20N4O3. The molecule has 2 heterocycles. The number of anilines is 1. The first-order valence-electron chi connectivity index (χ1n) is 6.67. The number of hydrogen-bond donors (Lipinski definition) is 4. The first kappa shape index (κ1) is 15.1. The highest BCUT2D eigenvalue weighted by Crippen LogP contribution is 2.29. The van der Waals surface area contributed by atoms with E-state index >= 15 is 0 Å². The maximum absolute atomic E-state index is 11.2. The van der Waals surface area contributed by atoms with E-state index < -0.39 is 5.91 Å². The van der Waals surface area contributed by atoms with Crippen LogP contribution in [-0.4, -0.2) is 32.2 Å². The van der Waals surface area contributed by atoms with Crippen LogP contribution in [0, 0.1) is 5.41 Å². The van der Waals surface area contributed by atoms with E-state index in [1.807, 2.05) is 6.20 Å². The van der Waals surface area contributed by atoms with E-state index in [0.717, 1.165) is 5.69 Å². The van der Waals surface area contributed by atoms with Crippen molar-refractivity contribution in [2.24, 2.45) is 5.41 Å². The maximum Gasteiger partial charge on any atom is 0.262 e. The molecule has 0 bridgehead atoms. The predicted octanol–water partition coefficient (Wildman–Crippen LogP) is 1.55. The SMILES string of the molecule is CC(C)(C)Cc1c(NCC(=O)NO)nc2c(O)cccn12. The molecule has 2 aromatic rings. The second-order valence-corrected chi connectivity index (χ2v) is 6.12. The summed E-state index contributed by atoms with van der Waals surface area (Å²) < 4.78 is 1.81. The number of fused-ring (bicyclic) bond motifs is 1. The Morgan fingerprint density at radius 1 is 1.43 bits per heavy atom. The van der Waals surface area contributed by atoms with Crippen molar-refractivity contribution in [1.29, 1.82) is 0 Å². The molecular weight excluding hydrogens is 272 g/mol. The molecule has 1 amide bonds. The molecule has 7 heteroatoms. The first-order valence-corrected chi connectivity index (χ1v) is 6.67. The van der Waals surface area contributed by atoms with Gasteiger partial charge in [0.05, 0.1) is 12.2 Å². The monoisotopic (exact) mass is 292 g/mol. The van der Waals surface area contributed by atoms with Gasteiger partial charge >= 0.3 is 0 Å². The van der Waals surface area contributed by atoms with E-state index in [4.69, 9.17) is 5.21 Å². The van der Waals surface area contributed by atoms with E-state index in [1.165, 1.54) is 0 Å². The zero-order chi connectivity index (χ0) is 15.6. The van der Waals surface area contributed by atoms with Gasteiger partial charge in [0, 0.05) is 6.20 Å². The van der Waals surface area contributed by atoms with Crippen LogP contribution >= 0.6 is 0 Å². The van der Waals surface area contributed by atoms with E-state index in [2.05, 4.69) is 31.1 Å². The minimum Gasteiger partial charge on any atom is -0.504 e. The lowest BCUT2D eigenvalue weighted by Crippen LogP contribution is -2.27. The van der Waals surface area contributed by atoms with Crippen molar-refractivity contribution < 1.29 is 15.1 Å². The molecule has 4 N–H and O–H groups in total. The number of carbonyl (C=O) groups is 1. The largest absolute Gasteiger partial charge is 0.504 e. The summed E-state index contributed by atoms with van der Waals surface area (Å²) in [4.78, 5) is 15.5. The zero-order valence-corrected chi connectivity index (χ0v) is 12.3. The Bertz CT molecular complexity index is 658. The lowest BCUT2D eigenvalue weighted by molar-refractivity contribution is -0.127. The summed E-state index contributed by atoms with van der Waals surface area (Å²) in [6, 6.07) is 3.30. The predicted molar refractivity (Wildman–Crippen MR) is 78.4 cm³/mol. The van der Waals surface area contributed by atoms with Crippen molar-refractivity contribution >= 4 is 17.4 Å². The van der Waals surface area contributed by atoms with Gasteiger partial charge in [-0.3, -0.25) is 14.4 Å². The third-order valence-corrected chi connectivity index (χ3v) is 2.97. The second-order valence-electron chi connectivity index (χ2n) is 6.12. The minimum absolute atomic E-state index is 0.0110. The topological polar surface area (TPSA) is 98.9 Å². The second kappa shape index (κ2) is 5.61. The fourth-order valence-corrected chi connectivity index (χ4v) is 2.12. The molecule has 0 saturated carbocycles. The molecule has 2 rings (SSSR count). The van der Waals surface area contributed by atoms with Crippen molar-refractivity contribution in [2.45, 2.75) is 27.2 Å². The molecule has 0 radical (unpaired) electrons. The number of aromatic hydroxyl groups is 1. The molecule has 0 aliphatic rings. The molecule has 21 heavy (non-hydrogen) atoms. The molecule has 0 unspecified atom stereocenters. The maximum atomic E-state index is 11.2. The minimum atomic E-state index is -0.557. The quantitative estimate of drug-likeness (QED) is 0.506. The van der Waals surface area contributed by atoms with Gasteiger partial charge in [-0.2, -0.15) is 0 Å². The summed E-state index contributed by atoms with van der Waals surface area (Å²) >= 11 is 0.